The number of anilines is 2. The number of benzene rings is 1. The van der Waals surface area contributed by atoms with E-state index in [4.69, 9.17) is 16.3 Å². The van der Waals surface area contributed by atoms with Gasteiger partial charge in [0.15, 0.2) is 0 Å². The molecule has 2 rings (SSSR count). The van der Waals surface area contributed by atoms with Crippen molar-refractivity contribution in [3.63, 3.8) is 0 Å². The van der Waals surface area contributed by atoms with E-state index in [1.807, 2.05) is 18.2 Å². The summed E-state index contributed by atoms with van der Waals surface area (Å²) in [5, 5.41) is 12.6. The molecule has 1 aromatic rings. The second-order valence-corrected chi connectivity index (χ2v) is 5.07. The summed E-state index contributed by atoms with van der Waals surface area (Å²) in [4.78, 5) is 13.4. The third-order valence-electron chi connectivity index (χ3n) is 3.31. The lowest BCUT2D eigenvalue weighted by Crippen LogP contribution is -2.35. The lowest BCUT2D eigenvalue weighted by molar-refractivity contribution is 0.178. The molecule has 1 amide bonds. The molecule has 1 aliphatic rings. The minimum atomic E-state index is -0.570. The summed E-state index contributed by atoms with van der Waals surface area (Å²) in [6.07, 6.45) is 0.940. The Morgan fingerprint density at radius 1 is 1.60 bits per heavy atom. The lowest BCUT2D eigenvalue weighted by Gasteiger charge is -2.28. The molecule has 0 aliphatic carbocycles. The molecule has 0 fully saturated rings. The molecule has 20 heavy (non-hydrogen) atoms. The summed E-state index contributed by atoms with van der Waals surface area (Å²) in [7, 11) is 1.39. The summed E-state index contributed by atoms with van der Waals surface area (Å²) >= 11 is 5.56. The number of carbonyl (C=O) groups excluding carboxylic acids is 1. The number of hydrogen-bond acceptors (Lipinski definition) is 4. The molecular formula is C14H19ClN2O3. The van der Waals surface area contributed by atoms with Gasteiger partial charge in [-0.1, -0.05) is 0 Å². The largest absolute Gasteiger partial charge is 0.452 e. The molecule has 6 heteroatoms. The number of fused-ring (bicyclic) bond motifs is 1. The van der Waals surface area contributed by atoms with Gasteiger partial charge in [-0.3, -0.25) is 4.90 Å². The van der Waals surface area contributed by atoms with Crippen molar-refractivity contribution >= 4 is 29.1 Å². The van der Waals surface area contributed by atoms with E-state index in [0.717, 1.165) is 29.8 Å². The van der Waals surface area contributed by atoms with Gasteiger partial charge in [-0.25, -0.2) is 4.79 Å². The molecule has 0 saturated heterocycles. The Labute approximate surface area is 123 Å². The van der Waals surface area contributed by atoms with E-state index in [1.54, 1.807) is 4.90 Å². The number of rotatable bonds is 4. The van der Waals surface area contributed by atoms with Crippen LogP contribution >= 0.6 is 11.6 Å². The Hall–Kier alpha value is -1.46. The second kappa shape index (κ2) is 6.81. The van der Waals surface area contributed by atoms with E-state index in [9.17, 15) is 9.90 Å². The smallest absolute Gasteiger partial charge is 0.414 e. The maximum atomic E-state index is 11.7. The molecule has 0 aromatic heterocycles. The summed E-state index contributed by atoms with van der Waals surface area (Å²) in [6, 6.07) is 5.80. The number of alkyl halides is 1. The standard InChI is InChI=1S/C14H19ClN2O3/c1-20-14(19)17-6-2-3-10-7-11(4-5-13(10)17)16-9-12(18)8-15/h4-5,7,12,16,18H,2-3,6,8-9H2,1H3. The zero-order valence-electron chi connectivity index (χ0n) is 11.4. The molecule has 1 atom stereocenters. The van der Waals surface area contributed by atoms with Crippen molar-refractivity contribution in [2.75, 3.05) is 36.3 Å². The Balaban J connectivity index is 2.13. The Morgan fingerprint density at radius 3 is 3.10 bits per heavy atom. The van der Waals surface area contributed by atoms with Gasteiger partial charge in [-0.05, 0) is 36.6 Å². The second-order valence-electron chi connectivity index (χ2n) is 4.76. The fourth-order valence-corrected chi connectivity index (χ4v) is 2.41. The Morgan fingerprint density at radius 2 is 2.40 bits per heavy atom. The maximum Gasteiger partial charge on any atom is 0.414 e. The molecule has 1 aliphatic heterocycles. The van der Waals surface area contributed by atoms with Gasteiger partial charge in [-0.2, -0.15) is 0 Å². The number of nitrogens with one attached hydrogen (secondary N) is 1. The molecule has 0 spiro atoms. The van der Waals surface area contributed by atoms with Crippen LogP contribution in [0.5, 0.6) is 0 Å². The van der Waals surface area contributed by atoms with E-state index in [0.29, 0.717) is 13.1 Å². The SMILES string of the molecule is COC(=O)N1CCCc2cc(NCC(O)CCl)ccc21. The number of aryl methyl sites for hydroxylation is 1. The van der Waals surface area contributed by atoms with Crippen molar-refractivity contribution < 1.29 is 14.6 Å². The van der Waals surface area contributed by atoms with Gasteiger partial charge < -0.3 is 15.2 Å². The van der Waals surface area contributed by atoms with Gasteiger partial charge in [0, 0.05) is 18.8 Å². The number of aliphatic hydroxyl groups is 1. The highest BCUT2D eigenvalue weighted by Gasteiger charge is 2.23. The first kappa shape index (κ1) is 14.9. The first-order chi connectivity index (χ1) is 9.65. The van der Waals surface area contributed by atoms with E-state index in [2.05, 4.69) is 5.32 Å². The highest BCUT2D eigenvalue weighted by Crippen LogP contribution is 2.30. The van der Waals surface area contributed by atoms with E-state index < -0.39 is 6.10 Å². The molecule has 1 heterocycles. The quantitative estimate of drug-likeness (QED) is 0.837. The third kappa shape index (κ3) is 3.35. The van der Waals surface area contributed by atoms with Crippen LogP contribution < -0.4 is 10.2 Å². The van der Waals surface area contributed by atoms with Gasteiger partial charge in [-0.15, -0.1) is 11.6 Å². The molecular weight excluding hydrogens is 280 g/mol. The Kier molecular flexibility index (Phi) is 5.09. The van der Waals surface area contributed by atoms with Gasteiger partial charge in [0.05, 0.1) is 24.8 Å². The van der Waals surface area contributed by atoms with Crippen LogP contribution in [0.4, 0.5) is 16.2 Å². The van der Waals surface area contributed by atoms with Crippen molar-refractivity contribution in [1.29, 1.82) is 0 Å². The molecule has 2 N–H and O–H groups in total. The van der Waals surface area contributed by atoms with Crippen molar-refractivity contribution in [2.45, 2.75) is 18.9 Å². The summed E-state index contributed by atoms with van der Waals surface area (Å²) < 4.78 is 4.79. The van der Waals surface area contributed by atoms with Crippen molar-refractivity contribution in [3.05, 3.63) is 23.8 Å². The lowest BCUT2D eigenvalue weighted by atomic mass is 10.0. The molecule has 110 valence electrons. The highest BCUT2D eigenvalue weighted by molar-refractivity contribution is 6.18. The topological polar surface area (TPSA) is 61.8 Å². The number of methoxy groups -OCH3 is 1. The number of hydrogen-bond donors (Lipinski definition) is 2. The predicted molar refractivity (Wildman–Crippen MR) is 79.7 cm³/mol. The summed E-state index contributed by atoms with van der Waals surface area (Å²) in [5.41, 5.74) is 2.91. The maximum absolute atomic E-state index is 11.7. The predicted octanol–water partition coefficient (Wildman–Crippen LogP) is 2.22. The minimum absolute atomic E-state index is 0.202. The number of amides is 1. The number of halogens is 1. The van der Waals surface area contributed by atoms with Crippen LogP contribution in [0.1, 0.15) is 12.0 Å². The van der Waals surface area contributed by atoms with Crippen LogP contribution in [-0.2, 0) is 11.2 Å². The number of nitrogens with zero attached hydrogens (tertiary/aromatic N) is 1. The van der Waals surface area contributed by atoms with Crippen LogP contribution in [0.2, 0.25) is 0 Å². The highest BCUT2D eigenvalue weighted by atomic mass is 35.5. The third-order valence-corrected chi connectivity index (χ3v) is 3.67. The van der Waals surface area contributed by atoms with Crippen LogP contribution in [0, 0.1) is 0 Å². The first-order valence-corrected chi connectivity index (χ1v) is 7.15. The molecule has 0 bridgehead atoms. The summed E-state index contributed by atoms with van der Waals surface area (Å²) in [6.45, 7) is 1.08. The summed E-state index contributed by atoms with van der Waals surface area (Å²) in [5.74, 6) is 0.202. The van der Waals surface area contributed by atoms with E-state index in [-0.39, 0.29) is 12.0 Å². The Bertz CT molecular complexity index is 481. The van der Waals surface area contributed by atoms with E-state index >= 15 is 0 Å². The van der Waals surface area contributed by atoms with Gasteiger partial charge in [0.2, 0.25) is 0 Å². The fraction of sp³-hybridized carbons (Fsp3) is 0.500. The van der Waals surface area contributed by atoms with E-state index in [1.165, 1.54) is 7.11 Å². The molecule has 1 aromatic carbocycles. The van der Waals surface area contributed by atoms with Gasteiger partial charge in [0.1, 0.15) is 0 Å². The molecule has 0 saturated carbocycles. The molecule has 5 nitrogen and oxygen atoms in total. The molecule has 0 radical (unpaired) electrons. The normalized spacial score (nSPS) is 15.4. The minimum Gasteiger partial charge on any atom is -0.452 e. The van der Waals surface area contributed by atoms with Gasteiger partial charge in [0.25, 0.3) is 0 Å². The average molecular weight is 299 g/mol. The monoisotopic (exact) mass is 298 g/mol. The number of carbonyl (C=O) groups is 1. The number of aliphatic hydroxyl groups excluding tert-OH is 1. The first-order valence-electron chi connectivity index (χ1n) is 6.62. The van der Waals surface area contributed by atoms with Crippen LogP contribution in [0.3, 0.4) is 0 Å². The van der Waals surface area contributed by atoms with Crippen molar-refractivity contribution in [2.24, 2.45) is 0 Å². The zero-order valence-corrected chi connectivity index (χ0v) is 12.2. The fourth-order valence-electron chi connectivity index (χ4n) is 2.30. The van der Waals surface area contributed by atoms with Crippen molar-refractivity contribution in [3.8, 4) is 0 Å². The average Bonchev–Trinajstić information content (AvgIpc) is 2.50. The van der Waals surface area contributed by atoms with Crippen LogP contribution in [-0.4, -0.2) is 43.4 Å². The van der Waals surface area contributed by atoms with Crippen molar-refractivity contribution in [1.82, 2.24) is 0 Å². The number of ether oxygens (including phenoxy) is 1. The molecule has 1 unspecified atom stereocenters. The van der Waals surface area contributed by atoms with Crippen LogP contribution in [0.15, 0.2) is 18.2 Å². The van der Waals surface area contributed by atoms with Crippen LogP contribution in [0.25, 0.3) is 0 Å². The zero-order chi connectivity index (χ0) is 14.5. The van der Waals surface area contributed by atoms with Gasteiger partial charge >= 0.3 is 6.09 Å².